The molecule has 0 spiro atoms. The molecule has 1 amide bonds. The second-order valence-electron chi connectivity index (χ2n) is 22.3. The number of nitrogen functional groups attached to an aromatic ring is 1. The molecule has 5 aliphatic rings. The van der Waals surface area contributed by atoms with Crippen LogP contribution in [0.15, 0.2) is 71.1 Å². The van der Waals surface area contributed by atoms with E-state index in [2.05, 4.69) is 59.9 Å². The summed E-state index contributed by atoms with van der Waals surface area (Å²) in [5.41, 5.74) is 6.89. The SMILES string of the molecule is CC(C)CN(C[C@@H](O)[C@H](Cc1ccccc1)NC(=O)[C@]1(C)CC[C@@H]2C3=CC(=O)[C@@H]4[C@@]5(C)CC[C@H](O)C(C)(C)[C@@H]5CC[C@@]4(C)[C@]3(C)CC[C@@]2(C)C1)S(=O)(=O)c1ccc(N)cc1. The fourth-order valence-electron chi connectivity index (χ4n) is 14.0. The van der Waals surface area contributed by atoms with E-state index in [-0.39, 0.29) is 86.5 Å². The summed E-state index contributed by atoms with van der Waals surface area (Å²) in [6.07, 6.45) is 8.46. The number of nitrogens with one attached hydrogen (secondary N) is 1. The van der Waals surface area contributed by atoms with E-state index in [1.54, 1.807) is 12.1 Å². The number of allylic oxidation sites excluding steroid dienone is 2. The first-order chi connectivity index (χ1) is 27.9. The second kappa shape index (κ2) is 15.6. The van der Waals surface area contributed by atoms with Crippen molar-refractivity contribution in [2.45, 2.75) is 150 Å². The molecule has 330 valence electrons. The van der Waals surface area contributed by atoms with E-state index in [9.17, 15) is 28.2 Å². The van der Waals surface area contributed by atoms with E-state index in [0.29, 0.717) is 24.9 Å². The van der Waals surface area contributed by atoms with Gasteiger partial charge in [0.1, 0.15) is 0 Å². The van der Waals surface area contributed by atoms with Gasteiger partial charge in [-0.2, -0.15) is 4.31 Å². The van der Waals surface area contributed by atoms with Gasteiger partial charge in [-0.15, -0.1) is 0 Å². The summed E-state index contributed by atoms with van der Waals surface area (Å²) in [6.45, 7) is 19.9. The Kier molecular flexibility index (Phi) is 11.7. The van der Waals surface area contributed by atoms with Crippen molar-refractivity contribution in [3.63, 3.8) is 0 Å². The molecule has 60 heavy (non-hydrogen) atoms. The van der Waals surface area contributed by atoms with Crippen LogP contribution in [0.1, 0.15) is 126 Å². The number of carbonyl (C=O) groups excluding carboxylic acids is 2. The Labute approximate surface area is 360 Å². The Morgan fingerprint density at radius 3 is 2.20 bits per heavy atom. The van der Waals surface area contributed by atoms with E-state index in [1.807, 2.05) is 44.2 Å². The zero-order chi connectivity index (χ0) is 43.8. The lowest BCUT2D eigenvalue weighted by Crippen LogP contribution is -2.66. The van der Waals surface area contributed by atoms with Crippen LogP contribution in [0.4, 0.5) is 5.69 Å². The zero-order valence-corrected chi connectivity index (χ0v) is 38.6. The summed E-state index contributed by atoms with van der Waals surface area (Å²) in [4.78, 5) is 29.6. The average Bonchev–Trinajstić information content (AvgIpc) is 3.17. The number of carbonyl (C=O) groups is 2. The van der Waals surface area contributed by atoms with E-state index in [4.69, 9.17) is 5.73 Å². The maximum Gasteiger partial charge on any atom is 0.243 e. The van der Waals surface area contributed by atoms with Crippen molar-refractivity contribution in [2.75, 3.05) is 18.8 Å². The molecule has 7 rings (SSSR count). The smallest absolute Gasteiger partial charge is 0.243 e. The minimum atomic E-state index is -3.98. The van der Waals surface area contributed by atoms with Crippen LogP contribution in [0.2, 0.25) is 0 Å². The molecule has 0 aliphatic heterocycles. The van der Waals surface area contributed by atoms with Gasteiger partial charge in [-0.1, -0.05) is 98.2 Å². The molecule has 4 fully saturated rings. The highest BCUT2D eigenvalue weighted by Crippen LogP contribution is 2.75. The molecule has 0 aromatic heterocycles. The van der Waals surface area contributed by atoms with Gasteiger partial charge in [0.15, 0.2) is 5.78 Å². The summed E-state index contributed by atoms with van der Waals surface area (Å²) in [5, 5.41) is 26.4. The number of fused-ring (bicyclic) bond motifs is 7. The Bertz CT molecular complexity index is 2090. The van der Waals surface area contributed by atoms with Crippen LogP contribution >= 0.6 is 0 Å². The lowest BCUT2D eigenvalue weighted by molar-refractivity contribution is -0.202. The van der Waals surface area contributed by atoms with Gasteiger partial charge in [-0.05, 0) is 145 Å². The van der Waals surface area contributed by atoms with E-state index in [0.717, 1.165) is 50.5 Å². The maximum absolute atomic E-state index is 14.8. The Morgan fingerprint density at radius 2 is 1.55 bits per heavy atom. The van der Waals surface area contributed by atoms with Crippen LogP contribution in [-0.2, 0) is 26.0 Å². The second-order valence-corrected chi connectivity index (χ2v) is 24.2. The molecule has 4 saturated carbocycles. The maximum atomic E-state index is 14.8. The van der Waals surface area contributed by atoms with Crippen molar-refractivity contribution >= 4 is 27.4 Å². The van der Waals surface area contributed by atoms with Crippen molar-refractivity contribution in [3.05, 3.63) is 71.8 Å². The van der Waals surface area contributed by atoms with Crippen LogP contribution in [0, 0.1) is 56.2 Å². The highest BCUT2D eigenvalue weighted by Gasteiger charge is 2.70. The normalized spacial score (nSPS) is 37.2. The molecule has 5 aliphatic carbocycles. The number of nitrogens with zero attached hydrogens (tertiary/aromatic N) is 1. The van der Waals surface area contributed by atoms with E-state index >= 15 is 0 Å². The number of amides is 1. The van der Waals surface area contributed by atoms with Gasteiger partial charge in [0.05, 0.1) is 23.1 Å². The topological polar surface area (TPSA) is 150 Å². The number of anilines is 1. The number of nitrogens with two attached hydrogens (primary N) is 1. The lowest BCUT2D eigenvalue weighted by Gasteiger charge is -2.70. The number of rotatable bonds is 11. The minimum absolute atomic E-state index is 0.00953. The molecule has 0 radical (unpaired) electrons. The molecule has 0 unspecified atom stereocenters. The molecule has 10 heteroatoms. The fraction of sp³-hybridized carbons (Fsp3) is 0.680. The molecule has 0 heterocycles. The van der Waals surface area contributed by atoms with Crippen molar-refractivity contribution in [1.29, 1.82) is 0 Å². The monoisotopic (exact) mass is 844 g/mol. The van der Waals surface area contributed by atoms with Gasteiger partial charge >= 0.3 is 0 Å². The number of hydrogen-bond acceptors (Lipinski definition) is 7. The highest BCUT2D eigenvalue weighted by molar-refractivity contribution is 7.89. The average molecular weight is 844 g/mol. The fourth-order valence-corrected chi connectivity index (χ4v) is 15.7. The summed E-state index contributed by atoms with van der Waals surface area (Å²) in [6, 6.07) is 15.1. The Balaban J connectivity index is 1.13. The molecule has 0 saturated heterocycles. The van der Waals surface area contributed by atoms with Crippen LogP contribution in [0.25, 0.3) is 0 Å². The first-order valence-electron chi connectivity index (χ1n) is 22.7. The lowest BCUT2D eigenvalue weighted by atomic mass is 9.33. The molecule has 9 nitrogen and oxygen atoms in total. The minimum Gasteiger partial charge on any atom is -0.399 e. The van der Waals surface area contributed by atoms with Gasteiger partial charge in [-0.25, -0.2) is 8.42 Å². The molecule has 11 atom stereocenters. The third kappa shape index (κ3) is 7.41. The standard InChI is InChI=1S/C50H73N3O6S/c1-32(2)29-53(60(58,59)35-17-15-34(51)16-18-35)30-40(55)38(27-33-13-11-10-12-14-33)52-44(57)47(6)22-19-36-37-28-39(54)43-48(7)23-21-42(56)45(3,4)41(48)20-24-50(43,9)49(37,8)26-25-46(36,5)31-47/h10-18,28,32,36,38,40-43,55-56H,19-27,29-31,51H2,1-9H3,(H,52,57)/t36-,38+,40-,41+,42+,43-,46+,47-,48+,49-,50-/m1/s1. The van der Waals surface area contributed by atoms with Crippen LogP contribution in [0.5, 0.6) is 0 Å². The molecule has 2 aromatic carbocycles. The van der Waals surface area contributed by atoms with Gasteiger partial charge in [0, 0.05) is 30.1 Å². The number of ketones is 1. The van der Waals surface area contributed by atoms with Gasteiger partial charge in [0.25, 0.3) is 0 Å². The molecule has 0 bridgehead atoms. The first kappa shape index (κ1) is 45.0. The summed E-state index contributed by atoms with van der Waals surface area (Å²) in [7, 11) is -3.98. The number of aliphatic hydroxyl groups excluding tert-OH is 2. The molecular weight excluding hydrogens is 771 g/mol. The zero-order valence-electron chi connectivity index (χ0n) is 37.8. The van der Waals surface area contributed by atoms with Gasteiger partial charge in [-0.3, -0.25) is 9.59 Å². The highest BCUT2D eigenvalue weighted by atomic mass is 32.2. The summed E-state index contributed by atoms with van der Waals surface area (Å²) >= 11 is 0. The number of benzene rings is 2. The quantitative estimate of drug-likeness (QED) is 0.166. The van der Waals surface area contributed by atoms with Crippen LogP contribution < -0.4 is 11.1 Å². The molecular formula is C50H73N3O6S. The predicted molar refractivity (Wildman–Crippen MR) is 238 cm³/mol. The predicted octanol–water partition coefficient (Wildman–Crippen LogP) is 8.35. The van der Waals surface area contributed by atoms with E-state index < -0.39 is 27.6 Å². The number of hydrogen-bond donors (Lipinski definition) is 4. The Morgan fingerprint density at radius 1 is 0.883 bits per heavy atom. The van der Waals surface area contributed by atoms with E-state index in [1.165, 1.54) is 22.0 Å². The van der Waals surface area contributed by atoms with Crippen molar-refractivity contribution in [1.82, 2.24) is 9.62 Å². The third-order valence-corrected chi connectivity index (χ3v) is 19.4. The van der Waals surface area contributed by atoms with Crippen molar-refractivity contribution in [3.8, 4) is 0 Å². The van der Waals surface area contributed by atoms with Gasteiger partial charge < -0.3 is 21.3 Å². The molecule has 2 aromatic rings. The van der Waals surface area contributed by atoms with Crippen molar-refractivity contribution in [2.24, 2.45) is 56.2 Å². The number of sulfonamides is 1. The number of aliphatic hydroxyl groups is 2. The Hall–Kier alpha value is -3.05. The third-order valence-electron chi connectivity index (χ3n) is 17.5. The van der Waals surface area contributed by atoms with Crippen LogP contribution in [0.3, 0.4) is 0 Å². The summed E-state index contributed by atoms with van der Waals surface area (Å²) in [5.74, 6) is 0.517. The largest absolute Gasteiger partial charge is 0.399 e. The first-order valence-corrected chi connectivity index (χ1v) is 24.2. The van der Waals surface area contributed by atoms with Gasteiger partial charge in [0.2, 0.25) is 15.9 Å². The summed E-state index contributed by atoms with van der Waals surface area (Å²) < 4.78 is 29.3. The van der Waals surface area contributed by atoms with Crippen molar-refractivity contribution < 1.29 is 28.2 Å². The molecule has 5 N–H and O–H groups in total. The van der Waals surface area contributed by atoms with Crippen LogP contribution in [-0.4, -0.2) is 66.0 Å².